The molecule has 1 unspecified atom stereocenters. The van der Waals surface area contributed by atoms with Gasteiger partial charge in [-0.3, -0.25) is 9.69 Å². The molecule has 3 heteroatoms. The molecule has 1 aliphatic rings. The molecule has 0 bridgehead atoms. The average Bonchev–Trinajstić information content (AvgIpc) is 2.39. The van der Waals surface area contributed by atoms with Gasteiger partial charge in [0.1, 0.15) is 0 Å². The minimum atomic E-state index is -0.664. The van der Waals surface area contributed by atoms with Crippen LogP contribution in [0.25, 0.3) is 0 Å². The first kappa shape index (κ1) is 14.1. The first-order valence-corrected chi connectivity index (χ1v) is 7.12. The summed E-state index contributed by atoms with van der Waals surface area (Å²) in [7, 11) is 0. The number of hydrogen-bond donors (Lipinski definition) is 1. The van der Waals surface area contributed by atoms with E-state index in [1.807, 2.05) is 6.07 Å². The predicted octanol–water partition coefficient (Wildman–Crippen LogP) is 3.15. The molecule has 1 fully saturated rings. The van der Waals surface area contributed by atoms with E-state index in [2.05, 4.69) is 36.1 Å². The lowest BCUT2D eigenvalue weighted by Gasteiger charge is -2.41. The highest BCUT2D eigenvalue weighted by Gasteiger charge is 2.35. The first-order valence-electron chi connectivity index (χ1n) is 7.12. The van der Waals surface area contributed by atoms with Gasteiger partial charge in [-0.25, -0.2) is 0 Å². The third kappa shape index (κ3) is 3.80. The van der Waals surface area contributed by atoms with Crippen LogP contribution in [-0.4, -0.2) is 29.1 Å². The Morgan fingerprint density at radius 3 is 2.74 bits per heavy atom. The highest BCUT2D eigenvalue weighted by molar-refractivity contribution is 5.67. The van der Waals surface area contributed by atoms with E-state index in [4.69, 9.17) is 5.11 Å². The van der Waals surface area contributed by atoms with Crippen LogP contribution in [0.4, 0.5) is 0 Å². The molecular formula is C16H23NO2. The summed E-state index contributed by atoms with van der Waals surface area (Å²) in [5.74, 6) is -0.664. The van der Waals surface area contributed by atoms with Gasteiger partial charge in [0.05, 0.1) is 6.42 Å². The van der Waals surface area contributed by atoms with Crippen LogP contribution in [0.15, 0.2) is 30.3 Å². The normalized spacial score (nSPS) is 24.3. The zero-order chi connectivity index (χ0) is 13.7. The van der Waals surface area contributed by atoms with Crippen LogP contribution >= 0.6 is 0 Å². The summed E-state index contributed by atoms with van der Waals surface area (Å²) in [6.07, 6.45) is 3.40. The topological polar surface area (TPSA) is 40.5 Å². The third-order valence-electron chi connectivity index (χ3n) is 4.27. The number of aliphatic carboxylic acids is 1. The van der Waals surface area contributed by atoms with Crippen molar-refractivity contribution < 1.29 is 9.90 Å². The zero-order valence-electron chi connectivity index (χ0n) is 11.6. The standard InChI is InChI=1S/C16H23NO2/c1-2-16(11-15(18)19)9-6-10-17(13-16)12-14-7-4-3-5-8-14/h3-5,7-8H,2,6,9-13H2,1H3,(H,18,19). The monoisotopic (exact) mass is 261 g/mol. The van der Waals surface area contributed by atoms with Crippen LogP contribution in [0, 0.1) is 5.41 Å². The summed E-state index contributed by atoms with van der Waals surface area (Å²) >= 11 is 0. The van der Waals surface area contributed by atoms with Crippen LogP contribution < -0.4 is 0 Å². The molecular weight excluding hydrogens is 238 g/mol. The van der Waals surface area contributed by atoms with Crippen molar-refractivity contribution in [2.24, 2.45) is 5.41 Å². The maximum atomic E-state index is 11.1. The van der Waals surface area contributed by atoms with E-state index in [0.717, 1.165) is 38.9 Å². The van der Waals surface area contributed by atoms with Crippen LogP contribution in [-0.2, 0) is 11.3 Å². The number of carboxylic acid groups (broad SMARTS) is 1. The van der Waals surface area contributed by atoms with Gasteiger partial charge in [0.2, 0.25) is 0 Å². The minimum Gasteiger partial charge on any atom is -0.481 e. The Morgan fingerprint density at radius 1 is 1.37 bits per heavy atom. The highest BCUT2D eigenvalue weighted by Crippen LogP contribution is 2.37. The number of benzene rings is 1. The van der Waals surface area contributed by atoms with Crippen LogP contribution in [0.3, 0.4) is 0 Å². The average molecular weight is 261 g/mol. The molecule has 0 aromatic heterocycles. The van der Waals surface area contributed by atoms with Crippen molar-refractivity contribution >= 4 is 5.97 Å². The molecule has 104 valence electrons. The molecule has 0 amide bonds. The lowest BCUT2D eigenvalue weighted by atomic mass is 9.75. The largest absolute Gasteiger partial charge is 0.481 e. The highest BCUT2D eigenvalue weighted by atomic mass is 16.4. The van der Waals surface area contributed by atoms with Gasteiger partial charge < -0.3 is 5.11 Å². The number of carbonyl (C=O) groups is 1. The zero-order valence-corrected chi connectivity index (χ0v) is 11.6. The SMILES string of the molecule is CCC1(CC(=O)O)CCCN(Cc2ccccc2)C1. The Bertz CT molecular complexity index is 418. The number of rotatable bonds is 5. The number of hydrogen-bond acceptors (Lipinski definition) is 2. The molecule has 0 radical (unpaired) electrons. The van der Waals surface area contributed by atoms with Crippen molar-refractivity contribution in [2.45, 2.75) is 39.2 Å². The van der Waals surface area contributed by atoms with E-state index >= 15 is 0 Å². The Hall–Kier alpha value is -1.35. The molecule has 0 spiro atoms. The number of carboxylic acids is 1. The Kier molecular flexibility index (Phi) is 4.59. The summed E-state index contributed by atoms with van der Waals surface area (Å²) in [4.78, 5) is 13.5. The summed E-state index contributed by atoms with van der Waals surface area (Å²) in [5, 5.41) is 9.12. The lowest BCUT2D eigenvalue weighted by molar-refractivity contribution is -0.141. The smallest absolute Gasteiger partial charge is 0.303 e. The second kappa shape index (κ2) is 6.20. The molecule has 1 saturated heterocycles. The fraction of sp³-hybridized carbons (Fsp3) is 0.562. The van der Waals surface area contributed by atoms with Gasteiger partial charge in [0, 0.05) is 13.1 Å². The molecule has 1 aromatic carbocycles. The minimum absolute atomic E-state index is 0.0289. The van der Waals surface area contributed by atoms with Crippen molar-refractivity contribution in [1.82, 2.24) is 4.90 Å². The van der Waals surface area contributed by atoms with E-state index in [1.54, 1.807) is 0 Å². The Morgan fingerprint density at radius 2 is 2.11 bits per heavy atom. The van der Waals surface area contributed by atoms with Crippen LogP contribution in [0.2, 0.25) is 0 Å². The maximum absolute atomic E-state index is 11.1. The molecule has 1 N–H and O–H groups in total. The molecule has 1 atom stereocenters. The van der Waals surface area contributed by atoms with E-state index in [1.165, 1.54) is 5.56 Å². The van der Waals surface area contributed by atoms with E-state index in [0.29, 0.717) is 6.42 Å². The molecule has 1 heterocycles. The number of piperidine rings is 1. The van der Waals surface area contributed by atoms with Crippen molar-refractivity contribution in [3.63, 3.8) is 0 Å². The van der Waals surface area contributed by atoms with E-state index in [-0.39, 0.29) is 5.41 Å². The molecule has 19 heavy (non-hydrogen) atoms. The van der Waals surface area contributed by atoms with E-state index in [9.17, 15) is 4.79 Å². The number of nitrogens with zero attached hydrogens (tertiary/aromatic N) is 1. The van der Waals surface area contributed by atoms with Crippen molar-refractivity contribution in [3.8, 4) is 0 Å². The summed E-state index contributed by atoms with van der Waals surface area (Å²) in [5.41, 5.74) is 1.28. The van der Waals surface area contributed by atoms with Crippen LogP contribution in [0.1, 0.15) is 38.2 Å². The van der Waals surface area contributed by atoms with Gasteiger partial charge in [-0.1, -0.05) is 37.3 Å². The predicted molar refractivity (Wildman–Crippen MR) is 75.9 cm³/mol. The molecule has 1 aliphatic heterocycles. The van der Waals surface area contributed by atoms with Gasteiger partial charge in [-0.15, -0.1) is 0 Å². The maximum Gasteiger partial charge on any atom is 0.303 e. The molecule has 0 aliphatic carbocycles. The van der Waals surface area contributed by atoms with E-state index < -0.39 is 5.97 Å². The van der Waals surface area contributed by atoms with Gasteiger partial charge >= 0.3 is 5.97 Å². The molecule has 0 saturated carbocycles. The summed E-state index contributed by atoms with van der Waals surface area (Å²) in [6.45, 7) is 5.04. The number of likely N-dealkylation sites (tertiary alicyclic amines) is 1. The molecule has 1 aromatic rings. The fourth-order valence-electron chi connectivity index (χ4n) is 3.17. The molecule has 2 rings (SSSR count). The van der Waals surface area contributed by atoms with Gasteiger partial charge in [-0.2, -0.15) is 0 Å². The van der Waals surface area contributed by atoms with Crippen molar-refractivity contribution in [3.05, 3.63) is 35.9 Å². The first-order chi connectivity index (χ1) is 9.13. The molecule has 3 nitrogen and oxygen atoms in total. The van der Waals surface area contributed by atoms with Crippen molar-refractivity contribution in [2.75, 3.05) is 13.1 Å². The third-order valence-corrected chi connectivity index (χ3v) is 4.27. The summed E-state index contributed by atoms with van der Waals surface area (Å²) < 4.78 is 0. The summed E-state index contributed by atoms with van der Waals surface area (Å²) in [6, 6.07) is 10.4. The Labute approximate surface area is 115 Å². The lowest BCUT2D eigenvalue weighted by Crippen LogP contribution is -2.43. The van der Waals surface area contributed by atoms with Gasteiger partial charge in [0.15, 0.2) is 0 Å². The van der Waals surface area contributed by atoms with Crippen molar-refractivity contribution in [1.29, 1.82) is 0 Å². The Balaban J connectivity index is 2.01. The van der Waals surface area contributed by atoms with Crippen LogP contribution in [0.5, 0.6) is 0 Å². The van der Waals surface area contributed by atoms with Gasteiger partial charge in [-0.05, 0) is 36.8 Å². The fourth-order valence-corrected chi connectivity index (χ4v) is 3.17. The van der Waals surface area contributed by atoms with Gasteiger partial charge in [0.25, 0.3) is 0 Å². The quantitative estimate of drug-likeness (QED) is 0.885. The second-order valence-electron chi connectivity index (χ2n) is 5.72. The second-order valence-corrected chi connectivity index (χ2v) is 5.72.